The summed E-state index contributed by atoms with van der Waals surface area (Å²) in [7, 11) is 1.26. The van der Waals surface area contributed by atoms with E-state index < -0.39 is 5.97 Å². The first kappa shape index (κ1) is 13.5. The number of aliphatic hydroxyl groups excluding tert-OH is 1. The molecule has 0 radical (unpaired) electrons. The fourth-order valence-corrected chi connectivity index (χ4v) is 1.91. The highest BCUT2D eigenvalue weighted by molar-refractivity contribution is 5.99. The predicted octanol–water partition coefficient (Wildman–Crippen LogP) is -0.245. The molecule has 0 amide bonds. The Morgan fingerprint density at radius 2 is 2.42 bits per heavy atom. The van der Waals surface area contributed by atoms with Crippen LogP contribution in [0.1, 0.15) is 23.2 Å². The zero-order chi connectivity index (χ0) is 13.8. The average molecular weight is 268 g/mol. The van der Waals surface area contributed by atoms with E-state index in [1.807, 2.05) is 0 Å². The molecule has 0 bridgehead atoms. The summed E-state index contributed by atoms with van der Waals surface area (Å²) < 4.78 is 10.2. The Morgan fingerprint density at radius 3 is 3.05 bits per heavy atom. The normalized spacial score (nSPS) is 22.2. The minimum absolute atomic E-state index is 0.0338. The van der Waals surface area contributed by atoms with Crippen LogP contribution in [0.15, 0.2) is 6.33 Å². The number of carbonyl (C=O) groups is 1. The summed E-state index contributed by atoms with van der Waals surface area (Å²) in [4.78, 5) is 19.4. The van der Waals surface area contributed by atoms with E-state index in [4.69, 9.17) is 15.6 Å². The Kier molecular flexibility index (Phi) is 4.13. The first-order valence-electron chi connectivity index (χ1n) is 5.87. The van der Waals surface area contributed by atoms with Crippen molar-refractivity contribution in [2.24, 2.45) is 0 Å². The minimum atomic E-state index is -0.614. The number of nitrogen functional groups attached to an aromatic ring is 1. The van der Waals surface area contributed by atoms with E-state index >= 15 is 0 Å². The third-order valence-electron chi connectivity index (χ3n) is 2.88. The van der Waals surface area contributed by atoms with Crippen molar-refractivity contribution in [3.63, 3.8) is 0 Å². The Morgan fingerprint density at radius 1 is 1.63 bits per heavy atom. The van der Waals surface area contributed by atoms with Gasteiger partial charge in [0, 0.05) is 0 Å². The summed E-state index contributed by atoms with van der Waals surface area (Å²) in [6.45, 7) is -0.0338. The van der Waals surface area contributed by atoms with Crippen molar-refractivity contribution in [1.29, 1.82) is 0 Å². The molecule has 0 spiro atoms. The number of hydrogen-bond acceptors (Lipinski definition) is 8. The molecule has 2 rings (SSSR count). The monoisotopic (exact) mass is 268 g/mol. The van der Waals surface area contributed by atoms with Crippen molar-refractivity contribution < 1.29 is 19.4 Å². The van der Waals surface area contributed by atoms with Crippen LogP contribution in [0, 0.1) is 0 Å². The van der Waals surface area contributed by atoms with Crippen LogP contribution in [0.5, 0.6) is 0 Å². The van der Waals surface area contributed by atoms with Gasteiger partial charge in [0.2, 0.25) is 0 Å². The van der Waals surface area contributed by atoms with Crippen molar-refractivity contribution in [3.05, 3.63) is 11.9 Å². The largest absolute Gasteiger partial charge is 0.465 e. The number of aliphatic hydroxyl groups is 1. The predicted molar refractivity (Wildman–Crippen MR) is 66.4 cm³/mol. The number of hydrogen-bond donors (Lipinski definition) is 3. The van der Waals surface area contributed by atoms with Gasteiger partial charge in [0.05, 0.1) is 19.8 Å². The molecule has 2 atom stereocenters. The van der Waals surface area contributed by atoms with Crippen LogP contribution in [0.3, 0.4) is 0 Å². The number of rotatable bonds is 4. The zero-order valence-electron chi connectivity index (χ0n) is 10.5. The Bertz CT molecular complexity index is 468. The maximum absolute atomic E-state index is 11.6. The summed E-state index contributed by atoms with van der Waals surface area (Å²) in [5, 5.41) is 12.0. The lowest BCUT2D eigenvalue weighted by Gasteiger charge is -2.16. The van der Waals surface area contributed by atoms with E-state index in [-0.39, 0.29) is 36.1 Å². The van der Waals surface area contributed by atoms with Crippen LogP contribution in [0.2, 0.25) is 0 Å². The molecule has 8 nitrogen and oxygen atoms in total. The van der Waals surface area contributed by atoms with Gasteiger partial charge in [-0.2, -0.15) is 0 Å². The molecule has 19 heavy (non-hydrogen) atoms. The standard InChI is InChI=1S/C11H16N4O4/c1-18-11(17)8-9(12)13-5-14-10(8)15-7-3-2-6(4-16)19-7/h5-7,16H,2-4H2,1H3,(H3,12,13,14,15)/t6-,7+/m0/s1. The minimum Gasteiger partial charge on any atom is -0.465 e. The molecule has 4 N–H and O–H groups in total. The second kappa shape index (κ2) is 5.81. The zero-order valence-corrected chi connectivity index (χ0v) is 10.5. The van der Waals surface area contributed by atoms with Gasteiger partial charge in [-0.05, 0) is 12.8 Å². The van der Waals surface area contributed by atoms with Gasteiger partial charge in [-0.15, -0.1) is 0 Å². The first-order valence-corrected chi connectivity index (χ1v) is 5.87. The summed E-state index contributed by atoms with van der Waals surface area (Å²) in [6, 6.07) is 0. The number of nitrogens with two attached hydrogens (primary N) is 1. The van der Waals surface area contributed by atoms with Gasteiger partial charge < -0.3 is 25.6 Å². The Hall–Kier alpha value is -1.93. The lowest BCUT2D eigenvalue weighted by molar-refractivity contribution is 0.0233. The van der Waals surface area contributed by atoms with E-state index in [9.17, 15) is 4.79 Å². The molecule has 104 valence electrons. The molecule has 1 aliphatic heterocycles. The van der Waals surface area contributed by atoms with E-state index in [1.165, 1.54) is 13.4 Å². The molecule has 8 heteroatoms. The van der Waals surface area contributed by atoms with Crippen molar-refractivity contribution in [1.82, 2.24) is 9.97 Å². The summed E-state index contributed by atoms with van der Waals surface area (Å²) in [6.07, 6.45) is 2.17. The molecule has 2 heterocycles. The van der Waals surface area contributed by atoms with Crippen LogP contribution in [-0.4, -0.2) is 47.1 Å². The van der Waals surface area contributed by atoms with E-state index in [2.05, 4.69) is 20.0 Å². The second-order valence-corrected chi connectivity index (χ2v) is 4.13. The van der Waals surface area contributed by atoms with E-state index in [0.717, 1.165) is 6.42 Å². The summed E-state index contributed by atoms with van der Waals surface area (Å²) in [5.41, 5.74) is 5.74. The average Bonchev–Trinajstić information content (AvgIpc) is 2.86. The van der Waals surface area contributed by atoms with Gasteiger partial charge in [-0.3, -0.25) is 0 Å². The molecule has 0 unspecified atom stereocenters. The van der Waals surface area contributed by atoms with Crippen LogP contribution in [0.4, 0.5) is 11.6 Å². The smallest absolute Gasteiger partial charge is 0.345 e. The molecule has 1 aliphatic rings. The summed E-state index contributed by atoms with van der Waals surface area (Å²) >= 11 is 0. The maximum Gasteiger partial charge on any atom is 0.345 e. The van der Waals surface area contributed by atoms with Gasteiger partial charge in [-0.25, -0.2) is 14.8 Å². The molecular formula is C11H16N4O4. The van der Waals surface area contributed by atoms with Crippen LogP contribution < -0.4 is 11.1 Å². The molecule has 1 saturated heterocycles. The van der Waals surface area contributed by atoms with Crippen LogP contribution in [-0.2, 0) is 9.47 Å². The first-order chi connectivity index (χ1) is 9.15. The maximum atomic E-state index is 11.6. The number of anilines is 2. The van der Waals surface area contributed by atoms with Crippen molar-refractivity contribution in [2.75, 3.05) is 24.8 Å². The Balaban J connectivity index is 2.16. The Labute approximate surface area is 109 Å². The topological polar surface area (TPSA) is 120 Å². The van der Waals surface area contributed by atoms with Crippen molar-refractivity contribution >= 4 is 17.6 Å². The number of nitrogens with one attached hydrogen (secondary N) is 1. The van der Waals surface area contributed by atoms with E-state index in [1.54, 1.807) is 0 Å². The number of aromatic nitrogens is 2. The third kappa shape index (κ3) is 2.91. The molecule has 0 aromatic carbocycles. The van der Waals surface area contributed by atoms with Gasteiger partial charge in [0.15, 0.2) is 0 Å². The molecule has 1 fully saturated rings. The lowest BCUT2D eigenvalue weighted by atomic mass is 10.2. The van der Waals surface area contributed by atoms with Crippen molar-refractivity contribution in [2.45, 2.75) is 25.2 Å². The fourth-order valence-electron chi connectivity index (χ4n) is 1.91. The van der Waals surface area contributed by atoms with Gasteiger partial charge in [0.25, 0.3) is 0 Å². The highest BCUT2D eigenvalue weighted by Crippen LogP contribution is 2.24. The summed E-state index contributed by atoms with van der Waals surface area (Å²) in [5.74, 6) is -0.304. The molecule has 1 aromatic heterocycles. The number of ether oxygens (including phenoxy) is 2. The molecule has 0 saturated carbocycles. The van der Waals surface area contributed by atoms with Crippen LogP contribution in [0.25, 0.3) is 0 Å². The van der Waals surface area contributed by atoms with Crippen LogP contribution >= 0.6 is 0 Å². The number of nitrogens with zero attached hydrogens (tertiary/aromatic N) is 2. The number of carbonyl (C=O) groups excluding carboxylic acids is 1. The highest BCUT2D eigenvalue weighted by Gasteiger charge is 2.27. The highest BCUT2D eigenvalue weighted by atomic mass is 16.5. The third-order valence-corrected chi connectivity index (χ3v) is 2.88. The van der Waals surface area contributed by atoms with Gasteiger partial charge >= 0.3 is 5.97 Å². The second-order valence-electron chi connectivity index (χ2n) is 4.13. The fraction of sp³-hybridized carbons (Fsp3) is 0.545. The number of methoxy groups -OCH3 is 1. The lowest BCUT2D eigenvalue weighted by Crippen LogP contribution is -2.24. The SMILES string of the molecule is COC(=O)c1c(N)ncnc1N[C@H]1CC[C@@H](CO)O1. The van der Waals surface area contributed by atoms with E-state index in [0.29, 0.717) is 6.42 Å². The van der Waals surface area contributed by atoms with Gasteiger partial charge in [-0.1, -0.05) is 0 Å². The quantitative estimate of drug-likeness (QED) is 0.640. The molecule has 0 aliphatic carbocycles. The van der Waals surface area contributed by atoms with Gasteiger partial charge in [0.1, 0.15) is 29.8 Å². The molecule has 1 aromatic rings. The molecular weight excluding hydrogens is 252 g/mol. The van der Waals surface area contributed by atoms with Crippen molar-refractivity contribution in [3.8, 4) is 0 Å². The number of esters is 1.